The van der Waals surface area contributed by atoms with Gasteiger partial charge in [0.25, 0.3) is 5.91 Å². The van der Waals surface area contributed by atoms with E-state index in [2.05, 4.69) is 83.7 Å². The first-order chi connectivity index (χ1) is 60.3. The summed E-state index contributed by atoms with van der Waals surface area (Å²) in [5.41, 5.74) is 15.1. The minimum atomic E-state index is -1.85. The number of ether oxygens (including phenoxy) is 1. The number of carbonyl (C=O) groups is 15. The monoisotopic (exact) mass is 1760 g/mol. The number of aliphatic hydroxyl groups excluding tert-OH is 1. The van der Waals surface area contributed by atoms with Crippen LogP contribution in [0.2, 0.25) is 0 Å². The Morgan fingerprint density at radius 3 is 1.83 bits per heavy atom. The fourth-order valence-corrected chi connectivity index (χ4v) is 15.0. The average molecular weight is 1760 g/mol. The highest BCUT2D eigenvalue weighted by molar-refractivity contribution is 7.98. The van der Waals surface area contributed by atoms with Crippen molar-refractivity contribution in [1.82, 2.24) is 88.6 Å². The van der Waals surface area contributed by atoms with Crippen molar-refractivity contribution in [2.75, 3.05) is 45.6 Å². The summed E-state index contributed by atoms with van der Waals surface area (Å²) in [6, 6.07) is 17.8. The van der Waals surface area contributed by atoms with Gasteiger partial charge in [-0.3, -0.25) is 71.9 Å². The minimum Gasteiger partial charge on any atom is -0.508 e. The number of carboxylic acids is 1. The summed E-state index contributed by atoms with van der Waals surface area (Å²) in [6.45, 7) is 4.85. The summed E-state index contributed by atoms with van der Waals surface area (Å²) >= 11 is 1.24. The number of aromatic amines is 3. The number of aromatic hydroxyl groups is 1. The third kappa shape index (κ3) is 28.5. The molecule has 0 aliphatic carbocycles. The van der Waals surface area contributed by atoms with Crippen LogP contribution in [0.3, 0.4) is 0 Å². The molecule has 39 heteroatoms. The van der Waals surface area contributed by atoms with Crippen LogP contribution in [0.4, 0.5) is 0 Å². The molecular weight excluding hydrogens is 1650 g/mol. The van der Waals surface area contributed by atoms with Gasteiger partial charge in [0.2, 0.25) is 76.8 Å². The lowest BCUT2D eigenvalue weighted by molar-refractivity contribution is -0.141. The molecule has 5 aromatic carbocycles. The largest absolute Gasteiger partial charge is 0.508 e. The lowest BCUT2D eigenvalue weighted by atomic mass is 9.99. The molecule has 14 amide bonds. The summed E-state index contributed by atoms with van der Waals surface area (Å²) in [7, 11) is 1.36. The zero-order valence-electron chi connectivity index (χ0n) is 70.3. The van der Waals surface area contributed by atoms with Crippen LogP contribution >= 0.6 is 11.8 Å². The second kappa shape index (κ2) is 47.4. The Labute approximate surface area is 729 Å². The molecule has 0 radical (unpaired) electrons. The van der Waals surface area contributed by atoms with Crippen molar-refractivity contribution in [3.63, 3.8) is 0 Å². The maximum absolute atomic E-state index is 15.6. The van der Waals surface area contributed by atoms with Crippen molar-refractivity contribution < 1.29 is 92.0 Å². The van der Waals surface area contributed by atoms with Crippen LogP contribution in [-0.2, 0) is 110 Å². The lowest BCUT2D eigenvalue weighted by Gasteiger charge is -2.29. The molecule has 9 rings (SSSR count). The first kappa shape index (κ1) is 96.3. The van der Waals surface area contributed by atoms with Gasteiger partial charge in [-0.15, -0.1) is 0 Å². The summed E-state index contributed by atoms with van der Waals surface area (Å²) in [6.07, 6.45) is 3.08. The van der Waals surface area contributed by atoms with Crippen molar-refractivity contribution >= 4 is 122 Å². The van der Waals surface area contributed by atoms with E-state index in [1.807, 2.05) is 0 Å². The van der Waals surface area contributed by atoms with E-state index in [4.69, 9.17) is 16.2 Å². The van der Waals surface area contributed by atoms with Gasteiger partial charge in [0, 0.05) is 103 Å². The normalized spacial score (nSPS) is 17.9. The Kier molecular flexibility index (Phi) is 36.2. The van der Waals surface area contributed by atoms with E-state index in [0.29, 0.717) is 69.0 Å². The van der Waals surface area contributed by atoms with Crippen LogP contribution in [0.15, 0.2) is 152 Å². The van der Waals surface area contributed by atoms with Crippen molar-refractivity contribution in [2.45, 2.75) is 170 Å². The number of hydrogen-bond acceptors (Lipinski definition) is 21. The van der Waals surface area contributed by atoms with E-state index in [0.717, 1.165) is 4.90 Å². The Balaban J connectivity index is 0.978. The van der Waals surface area contributed by atoms with E-state index in [-0.39, 0.29) is 86.6 Å². The van der Waals surface area contributed by atoms with Crippen LogP contribution in [0.25, 0.3) is 21.8 Å². The van der Waals surface area contributed by atoms with Gasteiger partial charge in [0.1, 0.15) is 78.8 Å². The fraction of sp³-hybridized carbons (Fsp3) is 0.402. The summed E-state index contributed by atoms with van der Waals surface area (Å²) < 4.78 is 5.36. The molecule has 22 N–H and O–H groups in total. The number of carboxylic acid groups (broad SMARTS) is 1. The number of phenols is 1. The van der Waals surface area contributed by atoms with Crippen LogP contribution in [-0.4, -0.2) is 247 Å². The predicted molar refractivity (Wildman–Crippen MR) is 464 cm³/mol. The molecule has 0 saturated heterocycles. The van der Waals surface area contributed by atoms with E-state index >= 15 is 28.8 Å². The smallest absolute Gasteiger partial charge is 0.305 e. The Morgan fingerprint density at radius 2 is 1.19 bits per heavy atom. The lowest BCUT2D eigenvalue weighted by Crippen LogP contribution is -2.62. The minimum absolute atomic E-state index is 0.0653. The van der Waals surface area contributed by atoms with Gasteiger partial charge in [-0.1, -0.05) is 111 Å². The van der Waals surface area contributed by atoms with Gasteiger partial charge in [0.15, 0.2) is 0 Å². The number of nitrogens with two attached hydrogens (primary N) is 2. The fourth-order valence-electron chi connectivity index (χ4n) is 14.0. The van der Waals surface area contributed by atoms with Gasteiger partial charge in [-0.2, -0.15) is 11.8 Å². The van der Waals surface area contributed by atoms with Gasteiger partial charge < -0.3 is 115 Å². The quantitative estimate of drug-likeness (QED) is 0.0219. The number of amides is 14. The van der Waals surface area contributed by atoms with Crippen molar-refractivity contribution in [3.8, 4) is 5.75 Å². The number of nitrogens with zero attached hydrogens (tertiary/aromatic N) is 2. The maximum Gasteiger partial charge on any atom is 0.305 e. The molecule has 1 aliphatic heterocycles. The number of primary amides is 1. The number of aromatic nitrogens is 4. The number of thioether (sulfide) groups is 1. The number of phenolic OH excluding ortho intramolecular Hbond substituents is 1. The standard InChI is InChI=1S/C87H109N19O19S/c1-48(2)74-85(122)97-64(30-34-126-46-53-19-9-10-22-60(53)87(124)106(5)49(3)77(114)98-70(40-73(111)112)82(119)101-68(83(120)104-74)38-55-42-93-62-24-14-12-21-59(55)62)79(116)99-66(36-52-26-28-57(108)29-27-52)80(117)100-67(37-54-41-92-61-23-13-11-20-58(54)61)81(118)102-69(39-56-43-90-47-95-56)84(121)105-75(50(4)107)86(123)103-65(35-51-17-7-6-8-18-51)78(115)94-44-71(109)91-32-33-125-45-72(110)96-63(76(89)113)25-15-16-31-88/h6-14,17-24,26-29,41-43,47-50,63-70,74-75,92-93,107-108H,15-16,25,30-40,44-46,88H2,1-5H3,(H2,89,113)(H,90,95)(H,91,109)(H,94,115)(H,96,110)(H,97,122)(H,98,114)(H,99,116)(H,100,117)(H,101,119)(H,102,118)(H,103,123)(H,104,120)(H,105,121)(H,111,112)/t49-,50+,63+,64-,65-,66-,67-,68-,69-,70-,74-,75-/m0/s1. The number of benzene rings is 5. The van der Waals surface area contributed by atoms with Crippen LogP contribution < -0.4 is 75.3 Å². The second-order valence-electron chi connectivity index (χ2n) is 31.0. The van der Waals surface area contributed by atoms with Gasteiger partial charge in [-0.25, -0.2) is 4.98 Å². The predicted octanol–water partition coefficient (Wildman–Crippen LogP) is -0.388. The summed E-state index contributed by atoms with van der Waals surface area (Å²) in [4.78, 5) is 228. The van der Waals surface area contributed by atoms with Crippen molar-refractivity contribution in [3.05, 3.63) is 191 Å². The number of aliphatic hydroxyl groups is 1. The zero-order chi connectivity index (χ0) is 91.1. The number of carbonyl (C=O) groups excluding carboxylic acids is 14. The topological polar surface area (TPSA) is 586 Å². The zero-order valence-corrected chi connectivity index (χ0v) is 71.1. The molecule has 0 saturated carbocycles. The number of unbranched alkanes of at least 4 members (excludes halogenated alkanes) is 1. The molecule has 4 heterocycles. The molecule has 126 heavy (non-hydrogen) atoms. The Hall–Kier alpha value is -13.5. The van der Waals surface area contributed by atoms with E-state index in [1.54, 1.807) is 123 Å². The van der Waals surface area contributed by atoms with Gasteiger partial charge in [-0.05, 0) is 116 Å². The number of fused-ring (bicyclic) bond motifs is 3. The van der Waals surface area contributed by atoms with E-state index < -0.39 is 187 Å². The number of likely N-dealkylation sites (N-methyl/N-ethyl adjacent to an activating group) is 1. The molecule has 0 unspecified atom stereocenters. The molecule has 12 atom stereocenters. The van der Waals surface area contributed by atoms with Crippen LogP contribution in [0.5, 0.6) is 5.75 Å². The first-order valence-corrected chi connectivity index (χ1v) is 42.4. The second-order valence-corrected chi connectivity index (χ2v) is 32.1. The summed E-state index contributed by atoms with van der Waals surface area (Å²) in [5, 5.41) is 64.8. The molecule has 8 aromatic rings. The third-order valence-corrected chi connectivity index (χ3v) is 22.2. The number of rotatable bonds is 38. The molecule has 0 spiro atoms. The van der Waals surface area contributed by atoms with Gasteiger partial charge in [0.05, 0.1) is 32.0 Å². The number of H-pyrrole nitrogens is 3. The highest BCUT2D eigenvalue weighted by atomic mass is 32.2. The molecule has 3 aromatic heterocycles. The maximum atomic E-state index is 15.6. The van der Waals surface area contributed by atoms with E-state index in [9.17, 15) is 58.5 Å². The Morgan fingerprint density at radius 1 is 0.603 bits per heavy atom. The Bertz CT molecular complexity index is 5120. The van der Waals surface area contributed by atoms with E-state index in [1.165, 1.54) is 75.5 Å². The summed E-state index contributed by atoms with van der Waals surface area (Å²) in [5.74, 6) is -14.7. The number of para-hydroxylation sites is 2. The highest BCUT2D eigenvalue weighted by Gasteiger charge is 2.40. The number of nitrogens with one attached hydrogen (secondary N) is 15. The molecule has 672 valence electrons. The molecule has 1 aliphatic rings. The molecule has 38 nitrogen and oxygen atoms in total. The highest BCUT2D eigenvalue weighted by Crippen LogP contribution is 2.25. The molecule has 0 fully saturated rings. The van der Waals surface area contributed by atoms with Gasteiger partial charge >= 0.3 is 5.97 Å². The van der Waals surface area contributed by atoms with Crippen molar-refractivity contribution in [1.29, 1.82) is 0 Å². The SMILES string of the molecule is CC(C)[C@@H]1NC(=O)[C@H](Cc2c[nH]c3ccccc23)NC(=O)[C@H](CC(=O)O)NC(=O)[C@H](C)N(C)C(=O)c2ccccc2CSCC[C@@H](C(=O)N[C@@H](Cc2ccc(O)cc2)C(=O)N[C@@H](Cc2c[nH]c3ccccc23)C(=O)N[C@@H](Cc2cnc[nH]2)C(=O)N[C@H](C(=O)N[C@@H](Cc2ccccc2)C(=O)NCC(=O)NCCOCC(=O)N[C@H](CCCCN)C(N)=O)[C@@H](C)O)NC1=O. The molecule has 0 bridgehead atoms. The first-order valence-electron chi connectivity index (χ1n) is 41.2. The van der Waals surface area contributed by atoms with Crippen LogP contribution in [0, 0.1) is 5.92 Å². The number of aliphatic carboxylic acids is 1. The van der Waals surface area contributed by atoms with Crippen LogP contribution in [0.1, 0.15) is 104 Å². The molecular formula is C87H109N19O19S. The number of hydrogen-bond donors (Lipinski definition) is 20. The number of imidazole rings is 1. The van der Waals surface area contributed by atoms with Crippen molar-refractivity contribution in [2.24, 2.45) is 17.4 Å². The third-order valence-electron chi connectivity index (χ3n) is 21.1. The average Bonchev–Trinajstić information content (AvgIpc) is 1.52.